The molecule has 0 N–H and O–H groups in total. The number of hydrogen-bond donors (Lipinski definition) is 0. The van der Waals surface area contributed by atoms with E-state index >= 15 is 0 Å². The maximum absolute atomic E-state index is 13.2. The van der Waals surface area contributed by atoms with Crippen molar-refractivity contribution in [1.29, 1.82) is 0 Å². The molecule has 1 atom stereocenters. The van der Waals surface area contributed by atoms with Crippen molar-refractivity contribution in [1.82, 2.24) is 19.5 Å². The summed E-state index contributed by atoms with van der Waals surface area (Å²) in [4.78, 5) is 27.5. The maximum Gasteiger partial charge on any atom is 0.406 e. The lowest BCUT2D eigenvalue weighted by Gasteiger charge is -2.26. The summed E-state index contributed by atoms with van der Waals surface area (Å²) < 4.78 is 40.3. The van der Waals surface area contributed by atoms with E-state index in [2.05, 4.69) is 15.0 Å². The van der Waals surface area contributed by atoms with Crippen LogP contribution in [-0.4, -0.2) is 32.2 Å². The number of alkyl halides is 3. The number of para-hydroxylation sites is 1. The number of nitrogens with zero attached hydrogens (tertiary/aromatic N) is 5. The summed E-state index contributed by atoms with van der Waals surface area (Å²) in [6.07, 6.45) is -0.0589. The second-order valence-corrected chi connectivity index (χ2v) is 6.39. The van der Waals surface area contributed by atoms with E-state index in [9.17, 15) is 18.0 Å². The molecule has 1 fully saturated rings. The Morgan fingerprint density at radius 1 is 1.11 bits per heavy atom. The van der Waals surface area contributed by atoms with Gasteiger partial charge in [0.1, 0.15) is 12.4 Å². The van der Waals surface area contributed by atoms with E-state index in [0.717, 1.165) is 11.0 Å². The molecular formula is C18H16F3N5O. The van der Waals surface area contributed by atoms with Crippen molar-refractivity contribution in [3.8, 4) is 0 Å². The van der Waals surface area contributed by atoms with Gasteiger partial charge >= 0.3 is 6.18 Å². The number of benzene rings is 1. The molecule has 140 valence electrons. The minimum atomic E-state index is -4.53. The first kappa shape index (κ1) is 17.4. The molecule has 1 aromatic carbocycles. The van der Waals surface area contributed by atoms with Gasteiger partial charge in [0.05, 0.1) is 16.9 Å². The molecule has 0 radical (unpaired) electrons. The van der Waals surface area contributed by atoms with Gasteiger partial charge in [-0.1, -0.05) is 12.1 Å². The molecule has 3 aromatic rings. The minimum Gasteiger partial charge on any atom is -0.331 e. The fraction of sp³-hybridized carbons (Fsp3) is 0.333. The first-order valence-electron chi connectivity index (χ1n) is 8.54. The van der Waals surface area contributed by atoms with Crippen molar-refractivity contribution >= 4 is 16.9 Å². The largest absolute Gasteiger partial charge is 0.406 e. The number of halogens is 3. The first-order valence-corrected chi connectivity index (χ1v) is 8.54. The fourth-order valence-electron chi connectivity index (χ4n) is 3.49. The second kappa shape index (κ2) is 6.64. The Labute approximate surface area is 152 Å². The lowest BCUT2D eigenvalue weighted by atomic mass is 10.1. The standard InChI is InChI=1S/C18H16F3N5O/c19-18(20,21)11-26-15(24-13-6-2-1-5-12(13)16(26)27)14-7-3-10-25(14)17-22-8-4-9-23-17/h1-2,4-6,8-9,14H,3,7,10-11H2. The minimum absolute atomic E-state index is 0.0981. The highest BCUT2D eigenvalue weighted by atomic mass is 19.4. The third kappa shape index (κ3) is 3.36. The zero-order valence-electron chi connectivity index (χ0n) is 14.2. The van der Waals surface area contributed by atoms with Crippen LogP contribution < -0.4 is 10.5 Å². The van der Waals surface area contributed by atoms with Gasteiger partial charge in [-0.25, -0.2) is 15.0 Å². The van der Waals surface area contributed by atoms with E-state index < -0.39 is 24.3 Å². The number of anilines is 1. The Morgan fingerprint density at radius 3 is 2.59 bits per heavy atom. The van der Waals surface area contributed by atoms with Gasteiger partial charge in [0, 0.05) is 18.9 Å². The van der Waals surface area contributed by atoms with Gasteiger partial charge in [0.15, 0.2) is 0 Å². The molecule has 1 unspecified atom stereocenters. The molecule has 1 saturated heterocycles. The Morgan fingerprint density at radius 2 is 1.85 bits per heavy atom. The summed E-state index contributed by atoms with van der Waals surface area (Å²) in [5.41, 5.74) is -0.300. The van der Waals surface area contributed by atoms with E-state index in [1.807, 2.05) is 4.90 Å². The average Bonchev–Trinajstić information content (AvgIpc) is 3.13. The predicted molar refractivity (Wildman–Crippen MR) is 93.4 cm³/mol. The Balaban J connectivity index is 1.89. The quantitative estimate of drug-likeness (QED) is 0.704. The molecule has 0 spiro atoms. The normalized spacial score (nSPS) is 17.6. The van der Waals surface area contributed by atoms with E-state index in [1.54, 1.807) is 36.7 Å². The van der Waals surface area contributed by atoms with Crippen LogP contribution in [0.4, 0.5) is 19.1 Å². The first-order chi connectivity index (χ1) is 12.9. The molecule has 6 nitrogen and oxygen atoms in total. The van der Waals surface area contributed by atoms with Crippen molar-refractivity contribution < 1.29 is 13.2 Å². The topological polar surface area (TPSA) is 63.9 Å². The summed E-state index contributed by atoms with van der Waals surface area (Å²) in [5.74, 6) is 0.516. The monoisotopic (exact) mass is 375 g/mol. The molecule has 27 heavy (non-hydrogen) atoms. The molecule has 0 bridgehead atoms. The number of rotatable bonds is 3. The highest BCUT2D eigenvalue weighted by Gasteiger charge is 2.36. The molecule has 2 aromatic heterocycles. The average molecular weight is 375 g/mol. The van der Waals surface area contributed by atoms with Gasteiger partial charge in [0.2, 0.25) is 5.95 Å². The summed E-state index contributed by atoms with van der Waals surface area (Å²) in [6.45, 7) is -0.789. The Bertz CT molecular complexity index is 1020. The van der Waals surface area contributed by atoms with Crippen molar-refractivity contribution in [3.63, 3.8) is 0 Å². The number of fused-ring (bicyclic) bond motifs is 1. The van der Waals surface area contributed by atoms with Crippen LogP contribution >= 0.6 is 0 Å². The van der Waals surface area contributed by atoms with Gasteiger partial charge in [-0.2, -0.15) is 13.2 Å². The Hall–Kier alpha value is -2.97. The van der Waals surface area contributed by atoms with Gasteiger partial charge in [0.25, 0.3) is 5.56 Å². The molecular weight excluding hydrogens is 359 g/mol. The van der Waals surface area contributed by atoms with Crippen LogP contribution in [-0.2, 0) is 6.54 Å². The summed E-state index contributed by atoms with van der Waals surface area (Å²) in [6, 6.07) is 7.63. The van der Waals surface area contributed by atoms with Crippen molar-refractivity contribution in [2.45, 2.75) is 31.6 Å². The lowest BCUT2D eigenvalue weighted by Crippen LogP contribution is -2.36. The van der Waals surface area contributed by atoms with Gasteiger partial charge in [-0.3, -0.25) is 9.36 Å². The van der Waals surface area contributed by atoms with Crippen LogP contribution in [0.25, 0.3) is 10.9 Å². The zero-order chi connectivity index (χ0) is 19.0. The van der Waals surface area contributed by atoms with Crippen LogP contribution in [0.15, 0.2) is 47.5 Å². The van der Waals surface area contributed by atoms with Gasteiger partial charge < -0.3 is 4.90 Å². The van der Waals surface area contributed by atoms with Gasteiger partial charge in [-0.05, 0) is 31.0 Å². The van der Waals surface area contributed by atoms with Crippen molar-refractivity contribution in [2.75, 3.05) is 11.4 Å². The molecule has 0 aliphatic carbocycles. The number of hydrogen-bond acceptors (Lipinski definition) is 5. The molecule has 4 rings (SSSR count). The fourth-order valence-corrected chi connectivity index (χ4v) is 3.49. The van der Waals surface area contributed by atoms with Crippen LogP contribution in [0, 0.1) is 0 Å². The van der Waals surface area contributed by atoms with Crippen molar-refractivity contribution in [3.05, 3.63) is 58.9 Å². The Kier molecular flexibility index (Phi) is 4.29. The van der Waals surface area contributed by atoms with Gasteiger partial charge in [-0.15, -0.1) is 0 Å². The highest BCUT2D eigenvalue weighted by molar-refractivity contribution is 5.77. The molecule has 1 aliphatic heterocycles. The van der Waals surface area contributed by atoms with E-state index in [0.29, 0.717) is 24.4 Å². The van der Waals surface area contributed by atoms with Crippen LogP contribution in [0.2, 0.25) is 0 Å². The summed E-state index contributed by atoms with van der Waals surface area (Å²) in [7, 11) is 0. The lowest BCUT2D eigenvalue weighted by molar-refractivity contribution is -0.141. The third-order valence-corrected chi connectivity index (χ3v) is 4.59. The van der Waals surface area contributed by atoms with E-state index in [4.69, 9.17) is 0 Å². The third-order valence-electron chi connectivity index (χ3n) is 4.59. The maximum atomic E-state index is 13.2. The highest BCUT2D eigenvalue weighted by Crippen LogP contribution is 2.34. The molecule has 0 amide bonds. The molecule has 1 aliphatic rings. The summed E-state index contributed by atoms with van der Waals surface area (Å²) in [5, 5.41) is 0.172. The van der Waals surface area contributed by atoms with E-state index in [1.165, 1.54) is 6.07 Å². The van der Waals surface area contributed by atoms with Crippen LogP contribution in [0.3, 0.4) is 0 Å². The van der Waals surface area contributed by atoms with Crippen LogP contribution in [0.1, 0.15) is 24.7 Å². The van der Waals surface area contributed by atoms with Crippen LogP contribution in [0.5, 0.6) is 0 Å². The SMILES string of the molecule is O=c1c2ccccc2nc(C2CCCN2c2ncccn2)n1CC(F)(F)F. The molecule has 3 heterocycles. The van der Waals surface area contributed by atoms with E-state index in [-0.39, 0.29) is 11.2 Å². The second-order valence-electron chi connectivity index (χ2n) is 6.39. The number of aromatic nitrogens is 4. The molecule has 0 saturated carbocycles. The zero-order valence-corrected chi connectivity index (χ0v) is 14.2. The molecule has 9 heteroatoms. The summed E-state index contributed by atoms with van der Waals surface area (Å²) >= 11 is 0. The smallest absolute Gasteiger partial charge is 0.331 e. The predicted octanol–water partition coefficient (Wildman–Crippen LogP) is 3.09. The van der Waals surface area contributed by atoms with Crippen molar-refractivity contribution in [2.24, 2.45) is 0 Å².